The fourth-order valence-electron chi connectivity index (χ4n) is 2.92. The first kappa shape index (κ1) is 16.2. The number of nitrogens with zero attached hydrogens (tertiary/aromatic N) is 2. The average molecular weight is 314 g/mol. The summed E-state index contributed by atoms with van der Waals surface area (Å²) in [6.45, 7) is 6.51. The van der Waals surface area contributed by atoms with Crippen LogP contribution in [0, 0.1) is 5.41 Å². The van der Waals surface area contributed by atoms with Gasteiger partial charge in [0.2, 0.25) is 0 Å². The molecule has 0 atom stereocenters. The molecule has 23 heavy (non-hydrogen) atoms. The fourth-order valence-corrected chi connectivity index (χ4v) is 2.92. The summed E-state index contributed by atoms with van der Waals surface area (Å²) in [5, 5.41) is 0. The lowest BCUT2D eigenvalue weighted by Crippen LogP contribution is -2.50. The quantitative estimate of drug-likeness (QED) is 0.816. The number of aromatic nitrogens is 2. The average Bonchev–Trinajstić information content (AvgIpc) is 3.04. The van der Waals surface area contributed by atoms with E-state index in [4.69, 9.17) is 9.47 Å². The summed E-state index contributed by atoms with van der Waals surface area (Å²) in [5.74, 6) is -0.537. The van der Waals surface area contributed by atoms with Gasteiger partial charge in [0.15, 0.2) is 5.79 Å². The van der Waals surface area contributed by atoms with Crippen molar-refractivity contribution in [1.29, 1.82) is 0 Å². The van der Waals surface area contributed by atoms with Gasteiger partial charge in [0.25, 0.3) is 0 Å². The Labute approximate surface area is 138 Å². The topological polar surface area (TPSA) is 36.3 Å². The molecule has 0 amide bonds. The zero-order valence-corrected chi connectivity index (χ0v) is 14.1. The lowest BCUT2D eigenvalue weighted by Gasteiger charge is -2.43. The summed E-state index contributed by atoms with van der Waals surface area (Å²) in [6, 6.07) is 10.6. The maximum atomic E-state index is 6.22. The third kappa shape index (κ3) is 4.43. The highest BCUT2D eigenvalue weighted by molar-refractivity contribution is 5.14. The standard InChI is InChI=1S/C19H26N2O2/c1-18(2)14-22-19(23-15-18,13-21-12-11-20-16-21)10-6-9-17-7-4-3-5-8-17/h3-5,7-8,11-12,16H,6,9-10,13-15H2,1-2H3. The number of hydrogen-bond donors (Lipinski definition) is 0. The minimum Gasteiger partial charge on any atom is -0.348 e. The van der Waals surface area contributed by atoms with Gasteiger partial charge in [0.1, 0.15) is 0 Å². The second-order valence-electron chi connectivity index (χ2n) is 7.23. The molecule has 124 valence electrons. The molecule has 1 aliphatic rings. The van der Waals surface area contributed by atoms with Gasteiger partial charge in [0, 0.05) is 24.2 Å². The zero-order valence-electron chi connectivity index (χ0n) is 14.1. The summed E-state index contributed by atoms with van der Waals surface area (Å²) in [6.07, 6.45) is 8.55. The number of imidazole rings is 1. The van der Waals surface area contributed by atoms with E-state index >= 15 is 0 Å². The van der Waals surface area contributed by atoms with Crippen LogP contribution in [0.3, 0.4) is 0 Å². The molecule has 0 unspecified atom stereocenters. The number of hydrogen-bond acceptors (Lipinski definition) is 3. The number of ether oxygens (including phenoxy) is 2. The van der Waals surface area contributed by atoms with Crippen LogP contribution >= 0.6 is 0 Å². The molecule has 1 fully saturated rings. The fraction of sp³-hybridized carbons (Fsp3) is 0.526. The molecule has 2 aromatic rings. The highest BCUT2D eigenvalue weighted by Crippen LogP contribution is 2.34. The molecular formula is C19H26N2O2. The molecule has 1 aromatic heterocycles. The van der Waals surface area contributed by atoms with Gasteiger partial charge in [-0.25, -0.2) is 4.98 Å². The highest BCUT2D eigenvalue weighted by atomic mass is 16.7. The van der Waals surface area contributed by atoms with Crippen LogP contribution in [0.25, 0.3) is 0 Å². The second kappa shape index (κ2) is 6.85. The van der Waals surface area contributed by atoms with Crippen LogP contribution < -0.4 is 0 Å². The summed E-state index contributed by atoms with van der Waals surface area (Å²) in [7, 11) is 0. The minimum absolute atomic E-state index is 0.0812. The van der Waals surface area contributed by atoms with Crippen LogP contribution in [0.5, 0.6) is 0 Å². The van der Waals surface area contributed by atoms with Crippen LogP contribution in [0.15, 0.2) is 49.1 Å². The van der Waals surface area contributed by atoms with Crippen molar-refractivity contribution >= 4 is 0 Å². The summed E-state index contributed by atoms with van der Waals surface area (Å²) < 4.78 is 14.5. The minimum atomic E-state index is -0.537. The summed E-state index contributed by atoms with van der Waals surface area (Å²) in [4.78, 5) is 4.13. The number of rotatable bonds is 6. The Morgan fingerprint density at radius 3 is 2.52 bits per heavy atom. The number of benzene rings is 1. The van der Waals surface area contributed by atoms with E-state index in [2.05, 4.69) is 49.2 Å². The van der Waals surface area contributed by atoms with Crippen LogP contribution in [0.4, 0.5) is 0 Å². The Hall–Kier alpha value is -1.65. The highest BCUT2D eigenvalue weighted by Gasteiger charge is 2.40. The molecule has 1 saturated heterocycles. The predicted molar refractivity (Wildman–Crippen MR) is 90.0 cm³/mol. The van der Waals surface area contributed by atoms with E-state index in [1.54, 1.807) is 6.20 Å². The SMILES string of the molecule is CC1(C)COC(CCCc2ccccc2)(Cn2ccnc2)OC1. The van der Waals surface area contributed by atoms with Crippen molar-refractivity contribution in [3.8, 4) is 0 Å². The van der Waals surface area contributed by atoms with E-state index < -0.39 is 5.79 Å². The number of aryl methyl sites for hydroxylation is 1. The van der Waals surface area contributed by atoms with E-state index in [1.807, 2.05) is 17.1 Å². The van der Waals surface area contributed by atoms with Gasteiger partial charge in [-0.05, 0) is 18.4 Å². The van der Waals surface area contributed by atoms with Crippen LogP contribution in [-0.2, 0) is 22.4 Å². The molecule has 2 heterocycles. The van der Waals surface area contributed by atoms with E-state index in [0.29, 0.717) is 6.54 Å². The van der Waals surface area contributed by atoms with Crippen molar-refractivity contribution in [3.63, 3.8) is 0 Å². The molecule has 0 bridgehead atoms. The Morgan fingerprint density at radius 1 is 1.13 bits per heavy atom. The third-order valence-electron chi connectivity index (χ3n) is 4.30. The molecule has 0 saturated carbocycles. The van der Waals surface area contributed by atoms with Crippen molar-refractivity contribution in [1.82, 2.24) is 9.55 Å². The Kier molecular flexibility index (Phi) is 4.83. The molecule has 4 heteroatoms. The maximum Gasteiger partial charge on any atom is 0.186 e. The molecular weight excluding hydrogens is 288 g/mol. The molecule has 0 N–H and O–H groups in total. The first-order valence-electron chi connectivity index (χ1n) is 8.35. The van der Waals surface area contributed by atoms with Gasteiger partial charge >= 0.3 is 0 Å². The van der Waals surface area contributed by atoms with Crippen LogP contribution in [0.2, 0.25) is 0 Å². The van der Waals surface area contributed by atoms with Gasteiger partial charge in [-0.2, -0.15) is 0 Å². The maximum absolute atomic E-state index is 6.22. The molecule has 1 aromatic carbocycles. The zero-order chi connectivity index (χ0) is 16.2. The molecule has 0 spiro atoms. The largest absolute Gasteiger partial charge is 0.348 e. The first-order chi connectivity index (χ1) is 11.1. The monoisotopic (exact) mass is 314 g/mol. The molecule has 1 aliphatic heterocycles. The van der Waals surface area contributed by atoms with Gasteiger partial charge < -0.3 is 14.0 Å². The van der Waals surface area contributed by atoms with Gasteiger partial charge in [-0.3, -0.25) is 0 Å². The van der Waals surface area contributed by atoms with Crippen LogP contribution in [0.1, 0.15) is 32.3 Å². The summed E-state index contributed by atoms with van der Waals surface area (Å²) >= 11 is 0. The smallest absolute Gasteiger partial charge is 0.186 e. The van der Waals surface area contributed by atoms with Crippen molar-refractivity contribution in [3.05, 3.63) is 54.6 Å². The van der Waals surface area contributed by atoms with Crippen LogP contribution in [-0.4, -0.2) is 28.6 Å². The Balaban J connectivity index is 1.63. The van der Waals surface area contributed by atoms with E-state index in [1.165, 1.54) is 5.56 Å². The predicted octanol–water partition coefficient (Wildman–Crippen LogP) is 3.68. The van der Waals surface area contributed by atoms with E-state index in [9.17, 15) is 0 Å². The van der Waals surface area contributed by atoms with E-state index in [-0.39, 0.29) is 5.41 Å². The Morgan fingerprint density at radius 2 is 1.87 bits per heavy atom. The lowest BCUT2D eigenvalue weighted by molar-refractivity contribution is -0.307. The molecule has 3 rings (SSSR count). The Bertz CT molecular complexity index is 583. The summed E-state index contributed by atoms with van der Waals surface area (Å²) in [5.41, 5.74) is 1.44. The van der Waals surface area contributed by atoms with Gasteiger partial charge in [-0.1, -0.05) is 44.2 Å². The third-order valence-corrected chi connectivity index (χ3v) is 4.30. The van der Waals surface area contributed by atoms with Gasteiger partial charge in [0.05, 0.1) is 26.1 Å². The second-order valence-corrected chi connectivity index (χ2v) is 7.23. The van der Waals surface area contributed by atoms with Crippen molar-refractivity contribution in [2.45, 2.75) is 45.4 Å². The van der Waals surface area contributed by atoms with Crippen molar-refractivity contribution < 1.29 is 9.47 Å². The van der Waals surface area contributed by atoms with E-state index in [0.717, 1.165) is 32.5 Å². The van der Waals surface area contributed by atoms with Crippen molar-refractivity contribution in [2.24, 2.45) is 5.41 Å². The lowest BCUT2D eigenvalue weighted by atomic mass is 9.93. The van der Waals surface area contributed by atoms with Crippen molar-refractivity contribution in [2.75, 3.05) is 13.2 Å². The molecule has 4 nitrogen and oxygen atoms in total. The normalized spacial score (nSPS) is 19.6. The van der Waals surface area contributed by atoms with Gasteiger partial charge in [-0.15, -0.1) is 0 Å². The molecule has 0 aliphatic carbocycles. The first-order valence-corrected chi connectivity index (χ1v) is 8.35. The molecule has 0 radical (unpaired) electrons.